The van der Waals surface area contributed by atoms with Crippen LogP contribution in [0.4, 0.5) is 5.82 Å². The molecule has 34 heavy (non-hydrogen) atoms. The highest BCUT2D eigenvalue weighted by atomic mass is 16.7. The van der Waals surface area contributed by atoms with Crippen LogP contribution >= 0.6 is 0 Å². The third-order valence-electron chi connectivity index (χ3n) is 6.52. The molecule has 8 nitrogen and oxygen atoms in total. The molecule has 1 saturated carbocycles. The van der Waals surface area contributed by atoms with Crippen LogP contribution < -0.4 is 15.0 Å². The fourth-order valence-electron chi connectivity index (χ4n) is 4.69. The minimum absolute atomic E-state index is 0.197. The number of hydrogen-bond acceptors (Lipinski definition) is 8. The topological polar surface area (TPSA) is 81.6 Å². The number of nitrogens with one attached hydrogen (secondary N) is 1. The van der Waals surface area contributed by atoms with Crippen molar-refractivity contribution in [3.05, 3.63) is 42.1 Å². The van der Waals surface area contributed by atoms with Crippen LogP contribution in [0.25, 0.3) is 22.4 Å². The molecule has 1 aromatic carbocycles. The molecule has 0 amide bonds. The van der Waals surface area contributed by atoms with Crippen molar-refractivity contribution in [3.63, 3.8) is 0 Å². The number of pyridine rings is 1. The second-order valence-corrected chi connectivity index (χ2v) is 8.98. The van der Waals surface area contributed by atoms with E-state index in [1.54, 1.807) is 7.11 Å². The molecule has 0 unspecified atom stereocenters. The van der Waals surface area contributed by atoms with E-state index in [0.717, 1.165) is 53.4 Å². The van der Waals surface area contributed by atoms with Gasteiger partial charge in [0.25, 0.3) is 0 Å². The van der Waals surface area contributed by atoms with E-state index < -0.39 is 0 Å². The van der Waals surface area contributed by atoms with E-state index >= 15 is 0 Å². The summed E-state index contributed by atoms with van der Waals surface area (Å²) in [7, 11) is 1.61. The van der Waals surface area contributed by atoms with Gasteiger partial charge in [-0.2, -0.15) is 0 Å². The molecule has 3 aromatic rings. The summed E-state index contributed by atoms with van der Waals surface area (Å²) in [5.74, 6) is 2.24. The maximum Gasteiger partial charge on any atom is 0.188 e. The quantitative estimate of drug-likeness (QED) is 0.503. The van der Waals surface area contributed by atoms with Gasteiger partial charge in [-0.05, 0) is 36.6 Å². The first kappa shape index (κ1) is 23.0. The third kappa shape index (κ3) is 5.46. The fraction of sp³-hybridized carbons (Fsp3) is 0.500. The molecule has 0 radical (unpaired) electrons. The number of ether oxygens (including phenoxy) is 3. The molecule has 2 fully saturated rings. The first-order valence-corrected chi connectivity index (χ1v) is 12.2. The molecule has 180 valence electrons. The normalized spacial score (nSPS) is 17.3. The van der Waals surface area contributed by atoms with E-state index in [1.807, 2.05) is 30.5 Å². The molecular formula is C26H33N5O3. The van der Waals surface area contributed by atoms with Gasteiger partial charge in [0, 0.05) is 44.5 Å². The number of rotatable bonds is 8. The van der Waals surface area contributed by atoms with Crippen LogP contribution in [0.15, 0.2) is 36.5 Å². The zero-order valence-corrected chi connectivity index (χ0v) is 19.8. The number of fused-ring (bicyclic) bond motifs is 1. The smallest absolute Gasteiger partial charge is 0.188 e. The maximum atomic E-state index is 5.63. The number of nitrogens with zero attached hydrogens (tertiary/aromatic N) is 4. The fourth-order valence-corrected chi connectivity index (χ4v) is 4.69. The SMILES string of the molecule is COCOc1cccc(-c2nc(N3CCOCC3)c3ncc(CNC4CCCCC4)cc3n2)c1. The van der Waals surface area contributed by atoms with Crippen molar-refractivity contribution in [1.29, 1.82) is 0 Å². The second kappa shape index (κ2) is 11.1. The first-order valence-electron chi connectivity index (χ1n) is 12.2. The van der Waals surface area contributed by atoms with E-state index in [0.29, 0.717) is 25.1 Å². The van der Waals surface area contributed by atoms with Gasteiger partial charge in [-0.3, -0.25) is 4.98 Å². The van der Waals surface area contributed by atoms with E-state index in [1.165, 1.54) is 32.1 Å². The molecule has 1 aliphatic carbocycles. The number of aromatic nitrogens is 3. The summed E-state index contributed by atoms with van der Waals surface area (Å²) in [6.45, 7) is 3.95. The summed E-state index contributed by atoms with van der Waals surface area (Å²) in [6, 6.07) is 10.6. The van der Waals surface area contributed by atoms with Gasteiger partial charge in [0.1, 0.15) is 11.3 Å². The van der Waals surface area contributed by atoms with Gasteiger partial charge in [0.05, 0.1) is 18.7 Å². The molecule has 0 spiro atoms. The third-order valence-corrected chi connectivity index (χ3v) is 6.52. The summed E-state index contributed by atoms with van der Waals surface area (Å²) < 4.78 is 16.2. The van der Waals surface area contributed by atoms with Gasteiger partial charge in [0.15, 0.2) is 18.4 Å². The average Bonchev–Trinajstić information content (AvgIpc) is 2.91. The van der Waals surface area contributed by atoms with Gasteiger partial charge >= 0.3 is 0 Å². The first-order chi connectivity index (χ1) is 16.8. The maximum absolute atomic E-state index is 5.63. The van der Waals surface area contributed by atoms with Crippen molar-refractivity contribution >= 4 is 16.9 Å². The Morgan fingerprint density at radius 1 is 1.09 bits per heavy atom. The van der Waals surface area contributed by atoms with Crippen LogP contribution in [0.2, 0.25) is 0 Å². The van der Waals surface area contributed by atoms with Crippen molar-refractivity contribution in [1.82, 2.24) is 20.3 Å². The van der Waals surface area contributed by atoms with E-state index in [2.05, 4.69) is 16.3 Å². The molecule has 0 bridgehead atoms. The summed E-state index contributed by atoms with van der Waals surface area (Å²) in [6.07, 6.45) is 8.48. The molecule has 1 aliphatic heterocycles. The van der Waals surface area contributed by atoms with Crippen LogP contribution in [-0.2, 0) is 16.0 Å². The Balaban J connectivity index is 1.48. The van der Waals surface area contributed by atoms with Gasteiger partial charge in [-0.25, -0.2) is 9.97 Å². The standard InChI is InChI=1S/C26H33N5O3/c1-32-18-34-22-9-5-6-20(15-22)25-29-23-14-19(16-27-21-7-3-2-4-8-21)17-28-24(23)26(30-25)31-10-12-33-13-11-31/h5-6,9,14-15,17,21,27H,2-4,7-8,10-13,16,18H2,1H3. The summed E-state index contributed by atoms with van der Waals surface area (Å²) in [5, 5.41) is 3.72. The van der Waals surface area contributed by atoms with Crippen LogP contribution in [0.3, 0.4) is 0 Å². The minimum atomic E-state index is 0.197. The van der Waals surface area contributed by atoms with Crippen LogP contribution in [0, 0.1) is 0 Å². The Morgan fingerprint density at radius 2 is 1.94 bits per heavy atom. The van der Waals surface area contributed by atoms with Gasteiger partial charge in [0.2, 0.25) is 0 Å². The molecule has 2 aliphatic rings. The van der Waals surface area contributed by atoms with Crippen molar-refractivity contribution in [2.24, 2.45) is 0 Å². The Hall–Kier alpha value is -2.81. The van der Waals surface area contributed by atoms with Crippen molar-refractivity contribution in [2.45, 2.75) is 44.7 Å². The zero-order chi connectivity index (χ0) is 23.2. The molecule has 1 saturated heterocycles. The lowest BCUT2D eigenvalue weighted by molar-refractivity contribution is 0.0511. The number of benzene rings is 1. The molecular weight excluding hydrogens is 430 g/mol. The number of hydrogen-bond donors (Lipinski definition) is 1. The highest BCUT2D eigenvalue weighted by Crippen LogP contribution is 2.29. The highest BCUT2D eigenvalue weighted by molar-refractivity contribution is 5.88. The summed E-state index contributed by atoms with van der Waals surface area (Å²) in [4.78, 5) is 17.0. The predicted molar refractivity (Wildman–Crippen MR) is 132 cm³/mol. The van der Waals surface area contributed by atoms with Gasteiger partial charge in [-0.15, -0.1) is 0 Å². The van der Waals surface area contributed by atoms with E-state index in [4.69, 9.17) is 29.2 Å². The molecule has 1 N–H and O–H groups in total. The Morgan fingerprint density at radius 3 is 2.76 bits per heavy atom. The van der Waals surface area contributed by atoms with E-state index in [9.17, 15) is 0 Å². The molecule has 5 rings (SSSR count). The Bertz CT molecular complexity index is 1100. The van der Waals surface area contributed by atoms with Crippen LogP contribution in [0.1, 0.15) is 37.7 Å². The lowest BCUT2D eigenvalue weighted by atomic mass is 9.95. The van der Waals surface area contributed by atoms with Crippen LogP contribution in [-0.4, -0.2) is 61.2 Å². The van der Waals surface area contributed by atoms with E-state index in [-0.39, 0.29) is 6.79 Å². The summed E-state index contributed by atoms with van der Waals surface area (Å²) in [5.41, 5.74) is 3.74. The Kier molecular flexibility index (Phi) is 7.48. The predicted octanol–water partition coefficient (Wildman–Crippen LogP) is 3.93. The number of anilines is 1. The Labute approximate surface area is 200 Å². The molecule has 3 heterocycles. The monoisotopic (exact) mass is 463 g/mol. The van der Waals surface area contributed by atoms with Gasteiger partial charge < -0.3 is 24.4 Å². The number of morpholine rings is 1. The largest absolute Gasteiger partial charge is 0.468 e. The van der Waals surface area contributed by atoms with Crippen molar-refractivity contribution < 1.29 is 14.2 Å². The highest BCUT2D eigenvalue weighted by Gasteiger charge is 2.20. The van der Waals surface area contributed by atoms with Crippen LogP contribution in [0.5, 0.6) is 5.75 Å². The lowest BCUT2D eigenvalue weighted by Crippen LogP contribution is -2.37. The average molecular weight is 464 g/mol. The van der Waals surface area contributed by atoms with Gasteiger partial charge in [-0.1, -0.05) is 31.4 Å². The molecule has 8 heteroatoms. The lowest BCUT2D eigenvalue weighted by Gasteiger charge is -2.28. The van der Waals surface area contributed by atoms with Crippen molar-refractivity contribution in [3.8, 4) is 17.1 Å². The summed E-state index contributed by atoms with van der Waals surface area (Å²) >= 11 is 0. The zero-order valence-electron chi connectivity index (χ0n) is 19.8. The minimum Gasteiger partial charge on any atom is -0.468 e. The molecule has 2 aromatic heterocycles. The second-order valence-electron chi connectivity index (χ2n) is 8.98. The number of methoxy groups -OCH3 is 1. The van der Waals surface area contributed by atoms with Crippen molar-refractivity contribution in [2.75, 3.05) is 45.1 Å². The molecule has 0 atom stereocenters.